The summed E-state index contributed by atoms with van der Waals surface area (Å²) in [6.45, 7) is 7.52. The van der Waals surface area contributed by atoms with Crippen molar-refractivity contribution in [2.75, 3.05) is 6.54 Å². The van der Waals surface area contributed by atoms with Crippen molar-refractivity contribution in [2.24, 2.45) is 0 Å². The third-order valence-corrected chi connectivity index (χ3v) is 4.29. The first kappa shape index (κ1) is 15.2. The first-order valence-corrected chi connectivity index (χ1v) is 8.07. The number of aromatic amines is 2. The molecular weight excluding hydrogens is 298 g/mol. The zero-order valence-electron chi connectivity index (χ0n) is 13.0. The van der Waals surface area contributed by atoms with Crippen molar-refractivity contribution in [1.29, 1.82) is 0 Å². The molecule has 1 aliphatic rings. The zero-order valence-corrected chi connectivity index (χ0v) is 13.8. The number of nitrogens with zero attached hydrogens (tertiary/aromatic N) is 3. The molecule has 0 bridgehead atoms. The van der Waals surface area contributed by atoms with E-state index in [0.717, 1.165) is 49.4 Å². The second-order valence-electron chi connectivity index (χ2n) is 5.83. The third kappa shape index (κ3) is 3.05. The lowest BCUT2D eigenvalue weighted by molar-refractivity contribution is 0.241. The van der Waals surface area contributed by atoms with Crippen LogP contribution in [0.15, 0.2) is 11.0 Å². The van der Waals surface area contributed by atoms with Crippen molar-refractivity contribution in [3.05, 3.63) is 43.8 Å². The normalized spacial score (nSPS) is 15.0. The van der Waals surface area contributed by atoms with Gasteiger partial charge in [-0.15, -0.1) is 0 Å². The molecule has 2 N–H and O–H groups in total. The van der Waals surface area contributed by atoms with Gasteiger partial charge in [-0.1, -0.05) is 6.92 Å². The summed E-state index contributed by atoms with van der Waals surface area (Å²) in [5.41, 5.74) is 4.02. The van der Waals surface area contributed by atoms with Gasteiger partial charge in [-0.2, -0.15) is 5.10 Å². The van der Waals surface area contributed by atoms with E-state index < -0.39 is 0 Å². The molecule has 3 heterocycles. The van der Waals surface area contributed by atoms with Gasteiger partial charge in [-0.05, 0) is 25.6 Å². The fourth-order valence-corrected chi connectivity index (χ4v) is 3.16. The van der Waals surface area contributed by atoms with E-state index in [-0.39, 0.29) is 5.56 Å². The van der Waals surface area contributed by atoms with Gasteiger partial charge >= 0.3 is 0 Å². The molecule has 118 valence electrons. The molecule has 0 aromatic carbocycles. The zero-order chi connectivity index (χ0) is 15.7. The van der Waals surface area contributed by atoms with E-state index in [1.807, 2.05) is 11.6 Å². The average Bonchev–Trinajstić information content (AvgIpc) is 2.80. The van der Waals surface area contributed by atoms with Crippen LogP contribution in [0.4, 0.5) is 0 Å². The minimum Gasteiger partial charge on any atom is -0.335 e. The van der Waals surface area contributed by atoms with E-state index in [4.69, 9.17) is 12.2 Å². The van der Waals surface area contributed by atoms with E-state index in [9.17, 15) is 4.79 Å². The summed E-state index contributed by atoms with van der Waals surface area (Å²) in [6, 6.07) is 0. The fraction of sp³-hybridized carbons (Fsp3) is 0.533. The number of aromatic nitrogens is 4. The van der Waals surface area contributed by atoms with Crippen LogP contribution in [0, 0.1) is 11.7 Å². The summed E-state index contributed by atoms with van der Waals surface area (Å²) in [4.78, 5) is 20.1. The molecular formula is C15H21N5OS. The molecule has 0 fully saturated rings. The molecule has 7 heteroatoms. The van der Waals surface area contributed by atoms with E-state index in [1.54, 1.807) is 0 Å². The van der Waals surface area contributed by atoms with Gasteiger partial charge < -0.3 is 4.98 Å². The Morgan fingerprint density at radius 1 is 1.41 bits per heavy atom. The Hall–Kier alpha value is -1.73. The Kier molecular flexibility index (Phi) is 4.26. The van der Waals surface area contributed by atoms with Crippen LogP contribution in [0.1, 0.15) is 35.9 Å². The van der Waals surface area contributed by atoms with Gasteiger partial charge in [0.05, 0.1) is 11.3 Å². The molecule has 0 radical (unpaired) electrons. The number of nitrogens with one attached hydrogen (secondary N) is 2. The van der Waals surface area contributed by atoms with Crippen LogP contribution in [0.2, 0.25) is 0 Å². The van der Waals surface area contributed by atoms with Crippen LogP contribution < -0.4 is 5.56 Å². The third-order valence-electron chi connectivity index (χ3n) is 4.08. The topological polar surface area (TPSA) is 69.7 Å². The number of hydrogen-bond acceptors (Lipinski definition) is 4. The van der Waals surface area contributed by atoms with Crippen molar-refractivity contribution in [2.45, 2.75) is 46.3 Å². The second kappa shape index (κ2) is 6.18. The van der Waals surface area contributed by atoms with Crippen LogP contribution in [-0.4, -0.2) is 31.2 Å². The van der Waals surface area contributed by atoms with Gasteiger partial charge in [0.2, 0.25) is 0 Å². The Labute approximate surface area is 134 Å². The molecule has 0 amide bonds. The van der Waals surface area contributed by atoms with Gasteiger partial charge in [0, 0.05) is 50.1 Å². The smallest absolute Gasteiger partial charge is 0.256 e. The van der Waals surface area contributed by atoms with Crippen LogP contribution in [0.5, 0.6) is 0 Å². The Morgan fingerprint density at radius 3 is 3.00 bits per heavy atom. The lowest BCUT2D eigenvalue weighted by atomic mass is 10.1. The number of fused-ring (bicyclic) bond motifs is 1. The predicted molar refractivity (Wildman–Crippen MR) is 87.3 cm³/mol. The summed E-state index contributed by atoms with van der Waals surface area (Å²) in [5.74, 6) is 0. The molecule has 6 nitrogen and oxygen atoms in total. The standard InChI is InChI=1S/C15H21N5OS/c1-3-5-20-8-11(10(2)18-20)7-19-6-4-13-12(9-19)14(21)17-15(22)16-13/h8H,3-7,9H2,1-2H3,(H2,16,17,21,22). The number of aryl methyl sites for hydroxylation is 2. The van der Waals surface area contributed by atoms with E-state index in [1.165, 1.54) is 5.56 Å². The largest absolute Gasteiger partial charge is 0.335 e. The maximum atomic E-state index is 12.1. The molecule has 22 heavy (non-hydrogen) atoms. The minimum atomic E-state index is -0.0677. The predicted octanol–water partition coefficient (Wildman–Crippen LogP) is 1.91. The highest BCUT2D eigenvalue weighted by atomic mass is 32.1. The van der Waals surface area contributed by atoms with Gasteiger partial charge in [-0.25, -0.2) is 0 Å². The lowest BCUT2D eigenvalue weighted by Crippen LogP contribution is -2.35. The highest BCUT2D eigenvalue weighted by Crippen LogP contribution is 2.17. The van der Waals surface area contributed by atoms with Crippen molar-refractivity contribution in [3.63, 3.8) is 0 Å². The second-order valence-corrected chi connectivity index (χ2v) is 6.24. The maximum absolute atomic E-state index is 12.1. The summed E-state index contributed by atoms with van der Waals surface area (Å²) >= 11 is 5.03. The molecule has 1 aliphatic heterocycles. The molecule has 0 saturated heterocycles. The van der Waals surface area contributed by atoms with Crippen LogP contribution in [0.3, 0.4) is 0 Å². The monoisotopic (exact) mass is 319 g/mol. The molecule has 0 saturated carbocycles. The highest BCUT2D eigenvalue weighted by molar-refractivity contribution is 7.71. The molecule has 0 spiro atoms. The Balaban J connectivity index is 1.78. The summed E-state index contributed by atoms with van der Waals surface area (Å²) in [6.07, 6.45) is 4.02. The molecule has 0 unspecified atom stereocenters. The lowest BCUT2D eigenvalue weighted by Gasteiger charge is -2.27. The van der Waals surface area contributed by atoms with Crippen LogP contribution in [-0.2, 0) is 26.1 Å². The summed E-state index contributed by atoms with van der Waals surface area (Å²) < 4.78 is 2.42. The molecule has 0 atom stereocenters. The van der Waals surface area contributed by atoms with Crippen molar-refractivity contribution >= 4 is 12.2 Å². The quantitative estimate of drug-likeness (QED) is 0.845. The minimum absolute atomic E-state index is 0.0677. The average molecular weight is 319 g/mol. The Bertz CT molecular complexity index is 788. The molecule has 2 aromatic rings. The van der Waals surface area contributed by atoms with E-state index in [0.29, 0.717) is 11.3 Å². The number of hydrogen-bond donors (Lipinski definition) is 2. The first-order valence-electron chi connectivity index (χ1n) is 7.66. The molecule has 2 aromatic heterocycles. The van der Waals surface area contributed by atoms with Gasteiger partial charge in [0.25, 0.3) is 5.56 Å². The summed E-state index contributed by atoms with van der Waals surface area (Å²) in [7, 11) is 0. The summed E-state index contributed by atoms with van der Waals surface area (Å²) in [5, 5.41) is 4.54. The number of rotatable bonds is 4. The van der Waals surface area contributed by atoms with E-state index >= 15 is 0 Å². The molecule has 3 rings (SSSR count). The van der Waals surface area contributed by atoms with Crippen molar-refractivity contribution < 1.29 is 0 Å². The van der Waals surface area contributed by atoms with Gasteiger partial charge in [0.1, 0.15) is 0 Å². The molecule has 0 aliphatic carbocycles. The fourth-order valence-electron chi connectivity index (χ4n) is 2.95. The van der Waals surface area contributed by atoms with Gasteiger partial charge in [-0.3, -0.25) is 19.4 Å². The Morgan fingerprint density at radius 2 is 2.23 bits per heavy atom. The van der Waals surface area contributed by atoms with Crippen LogP contribution >= 0.6 is 12.2 Å². The maximum Gasteiger partial charge on any atom is 0.256 e. The van der Waals surface area contributed by atoms with E-state index in [2.05, 4.69) is 33.1 Å². The van der Waals surface area contributed by atoms with Crippen LogP contribution in [0.25, 0.3) is 0 Å². The highest BCUT2D eigenvalue weighted by Gasteiger charge is 2.20. The number of H-pyrrole nitrogens is 2. The van der Waals surface area contributed by atoms with Crippen molar-refractivity contribution in [3.8, 4) is 0 Å². The van der Waals surface area contributed by atoms with Gasteiger partial charge in [0.15, 0.2) is 4.77 Å². The first-order chi connectivity index (χ1) is 10.6. The van der Waals surface area contributed by atoms with Crippen molar-refractivity contribution in [1.82, 2.24) is 24.6 Å². The SMILES string of the molecule is CCCn1cc(CN2CCc3[nH]c(=S)[nH]c(=O)c3C2)c(C)n1.